The quantitative estimate of drug-likeness (QED) is 0.290. The summed E-state index contributed by atoms with van der Waals surface area (Å²) in [5.74, 6) is 0.273. The molecule has 0 atom stereocenters. The maximum absolute atomic E-state index is 12.6. The number of hydrogen-bond acceptors (Lipinski definition) is 4. The van der Waals surface area contributed by atoms with E-state index < -0.39 is 18.5 Å². The predicted octanol–water partition coefficient (Wildman–Crippen LogP) is 7.33. The molecular formula is C25H21F3N2OS2. The van der Waals surface area contributed by atoms with Crippen molar-refractivity contribution >= 4 is 40.4 Å². The molecule has 2 aliphatic rings. The molecule has 0 bridgehead atoms. The number of rotatable bonds is 6. The van der Waals surface area contributed by atoms with Gasteiger partial charge >= 0.3 is 6.18 Å². The summed E-state index contributed by atoms with van der Waals surface area (Å²) in [4.78, 5) is 22.1. The van der Waals surface area contributed by atoms with Gasteiger partial charge in [-0.05, 0) is 61.6 Å². The number of fused-ring (bicyclic) bond motifs is 2. The number of alkyl halides is 3. The molecular weight excluding hydrogens is 465 g/mol. The van der Waals surface area contributed by atoms with E-state index in [1.807, 2.05) is 18.2 Å². The molecule has 3 aromatic rings. The van der Waals surface area contributed by atoms with Gasteiger partial charge in [0, 0.05) is 38.8 Å². The van der Waals surface area contributed by atoms with Gasteiger partial charge in [-0.15, -0.1) is 11.3 Å². The minimum atomic E-state index is -4.21. The first-order valence-electron chi connectivity index (χ1n) is 10.8. The van der Waals surface area contributed by atoms with Crippen LogP contribution in [-0.2, 0) is 0 Å². The van der Waals surface area contributed by atoms with Crippen molar-refractivity contribution in [1.82, 2.24) is 5.32 Å². The molecule has 1 fully saturated rings. The Morgan fingerprint density at radius 3 is 2.67 bits per heavy atom. The average molecular weight is 487 g/mol. The van der Waals surface area contributed by atoms with Gasteiger partial charge in [0.15, 0.2) is 0 Å². The largest absolute Gasteiger partial charge is 0.389 e. The van der Waals surface area contributed by atoms with Crippen molar-refractivity contribution in [3.8, 4) is 0 Å². The Balaban J connectivity index is 1.44. The highest BCUT2D eigenvalue weighted by atomic mass is 32.2. The van der Waals surface area contributed by atoms with Crippen LogP contribution in [0.4, 0.5) is 18.9 Å². The fourth-order valence-electron chi connectivity index (χ4n) is 3.73. The van der Waals surface area contributed by atoms with Gasteiger partial charge in [-0.25, -0.2) is 4.99 Å². The van der Waals surface area contributed by atoms with Crippen molar-refractivity contribution in [1.29, 1.82) is 0 Å². The van der Waals surface area contributed by atoms with E-state index in [-0.39, 0.29) is 13.0 Å². The van der Waals surface area contributed by atoms with E-state index in [1.54, 1.807) is 35.2 Å². The van der Waals surface area contributed by atoms with Gasteiger partial charge in [0.05, 0.1) is 16.3 Å². The second kappa shape index (κ2) is 8.99. The van der Waals surface area contributed by atoms with Crippen molar-refractivity contribution in [3.05, 3.63) is 75.5 Å². The maximum atomic E-state index is 12.6. The first-order chi connectivity index (χ1) is 15.9. The lowest BCUT2D eigenvalue weighted by molar-refractivity contribution is -0.135. The molecule has 1 amide bonds. The van der Waals surface area contributed by atoms with Crippen LogP contribution in [-0.4, -0.2) is 24.3 Å². The third-order valence-electron chi connectivity index (χ3n) is 5.58. The molecule has 0 radical (unpaired) electrons. The van der Waals surface area contributed by atoms with E-state index in [2.05, 4.69) is 29.6 Å². The molecule has 170 valence electrons. The van der Waals surface area contributed by atoms with Crippen LogP contribution in [0.25, 0.3) is 0 Å². The average Bonchev–Trinajstić information content (AvgIpc) is 3.55. The monoisotopic (exact) mass is 486 g/mol. The van der Waals surface area contributed by atoms with Crippen LogP contribution in [0.5, 0.6) is 0 Å². The fraction of sp³-hybridized carbons (Fsp3) is 0.280. The number of amides is 1. The smallest absolute Gasteiger partial charge is 0.352 e. The van der Waals surface area contributed by atoms with Crippen molar-refractivity contribution < 1.29 is 18.0 Å². The molecule has 2 heterocycles. The zero-order valence-electron chi connectivity index (χ0n) is 17.6. The Labute approximate surface area is 198 Å². The van der Waals surface area contributed by atoms with Gasteiger partial charge < -0.3 is 5.32 Å². The zero-order chi connectivity index (χ0) is 23.0. The molecule has 0 unspecified atom stereocenters. The maximum Gasteiger partial charge on any atom is 0.389 e. The van der Waals surface area contributed by atoms with Crippen LogP contribution in [0.1, 0.15) is 57.3 Å². The third kappa shape index (κ3) is 5.17. The van der Waals surface area contributed by atoms with Crippen LogP contribution >= 0.6 is 23.1 Å². The topological polar surface area (TPSA) is 41.5 Å². The summed E-state index contributed by atoms with van der Waals surface area (Å²) < 4.78 is 37.0. The summed E-state index contributed by atoms with van der Waals surface area (Å²) in [6.07, 6.45) is -2.79. The first kappa shape index (κ1) is 22.2. The van der Waals surface area contributed by atoms with Crippen LogP contribution in [0.2, 0.25) is 0 Å². The minimum Gasteiger partial charge on any atom is -0.352 e. The highest BCUT2D eigenvalue weighted by Crippen LogP contribution is 2.45. The number of nitrogens with zero attached hydrogens (tertiary/aromatic N) is 1. The zero-order valence-corrected chi connectivity index (χ0v) is 19.2. The molecule has 1 aliphatic carbocycles. The van der Waals surface area contributed by atoms with E-state index in [0.29, 0.717) is 17.2 Å². The van der Waals surface area contributed by atoms with Crippen molar-refractivity contribution in [2.45, 2.75) is 47.6 Å². The van der Waals surface area contributed by atoms with Gasteiger partial charge in [0.1, 0.15) is 0 Å². The Bertz CT molecular complexity index is 1230. The Morgan fingerprint density at radius 2 is 1.88 bits per heavy atom. The minimum absolute atomic E-state index is 0.0245. The van der Waals surface area contributed by atoms with Crippen LogP contribution in [0.15, 0.2) is 69.4 Å². The van der Waals surface area contributed by atoms with E-state index in [9.17, 15) is 18.0 Å². The molecule has 2 aromatic carbocycles. The summed E-state index contributed by atoms with van der Waals surface area (Å²) in [6, 6.07) is 17.7. The number of halogens is 3. The number of nitrogens with one attached hydrogen (secondary N) is 1. The molecule has 33 heavy (non-hydrogen) atoms. The molecule has 1 saturated carbocycles. The molecule has 0 saturated heterocycles. The summed E-state index contributed by atoms with van der Waals surface area (Å²) in [7, 11) is 0. The molecule has 5 rings (SSSR count). The fourth-order valence-corrected chi connectivity index (χ4v) is 5.91. The number of benzene rings is 2. The summed E-state index contributed by atoms with van der Waals surface area (Å²) in [5.41, 5.74) is 3.02. The summed E-state index contributed by atoms with van der Waals surface area (Å²) in [6.45, 7) is -0.0245. The second-order valence-corrected chi connectivity index (χ2v) is 10.4. The van der Waals surface area contributed by atoms with Crippen LogP contribution in [0, 0.1) is 0 Å². The molecule has 1 aliphatic heterocycles. The lowest BCUT2D eigenvalue weighted by Gasteiger charge is -2.09. The number of hydrogen-bond donors (Lipinski definition) is 1. The lowest BCUT2D eigenvalue weighted by atomic mass is 10.1. The molecule has 3 nitrogen and oxygen atoms in total. The second-order valence-electron chi connectivity index (χ2n) is 8.19. The number of thiophene rings is 1. The van der Waals surface area contributed by atoms with Crippen molar-refractivity contribution in [2.24, 2.45) is 4.99 Å². The number of carbonyl (C=O) groups is 1. The van der Waals surface area contributed by atoms with E-state index in [4.69, 9.17) is 4.99 Å². The van der Waals surface area contributed by atoms with Gasteiger partial charge in [-0.2, -0.15) is 13.2 Å². The Hall–Kier alpha value is -2.58. The third-order valence-corrected chi connectivity index (χ3v) is 7.97. The number of carbonyl (C=O) groups excluding carboxylic acids is 1. The Kier molecular flexibility index (Phi) is 6.05. The van der Waals surface area contributed by atoms with Gasteiger partial charge in [-0.3, -0.25) is 4.79 Å². The normalized spacial score (nSPS) is 15.3. The molecule has 8 heteroatoms. The van der Waals surface area contributed by atoms with Gasteiger partial charge in [0.2, 0.25) is 0 Å². The van der Waals surface area contributed by atoms with Gasteiger partial charge in [-0.1, -0.05) is 30.0 Å². The van der Waals surface area contributed by atoms with Crippen LogP contribution in [0.3, 0.4) is 0 Å². The van der Waals surface area contributed by atoms with Crippen molar-refractivity contribution in [2.75, 3.05) is 6.54 Å². The SMILES string of the molecule is O=C(NCCCC(F)(F)F)c1ccc2c(c1)N=C(c1ccc(C3CC3)s1)c1ccccc1S2. The first-order valence-corrected chi connectivity index (χ1v) is 12.5. The van der Waals surface area contributed by atoms with Crippen LogP contribution < -0.4 is 5.32 Å². The van der Waals surface area contributed by atoms with Crippen molar-refractivity contribution in [3.63, 3.8) is 0 Å². The standard InChI is InChI=1S/C25H21F3N2OS2/c26-25(27,28)12-3-13-29-24(31)16-8-9-21-18(14-16)30-23(17-4-1-2-5-20(17)33-21)22-11-10-19(32-22)15-6-7-15/h1-2,4-5,8-11,14-15H,3,6-7,12-13H2,(H,29,31). The predicted molar refractivity (Wildman–Crippen MR) is 126 cm³/mol. The number of aliphatic imine (C=N–C) groups is 1. The van der Waals surface area contributed by atoms with E-state index in [0.717, 1.165) is 25.9 Å². The van der Waals surface area contributed by atoms with Gasteiger partial charge in [0.25, 0.3) is 5.91 Å². The van der Waals surface area contributed by atoms with E-state index >= 15 is 0 Å². The highest BCUT2D eigenvalue weighted by Gasteiger charge is 2.28. The highest BCUT2D eigenvalue weighted by molar-refractivity contribution is 7.99. The summed E-state index contributed by atoms with van der Waals surface area (Å²) >= 11 is 3.38. The summed E-state index contributed by atoms with van der Waals surface area (Å²) in [5, 5.41) is 2.58. The molecule has 0 spiro atoms. The molecule has 1 aromatic heterocycles. The lowest BCUT2D eigenvalue weighted by Crippen LogP contribution is -2.25. The van der Waals surface area contributed by atoms with E-state index in [1.165, 1.54) is 17.7 Å². The Morgan fingerprint density at radius 1 is 1.06 bits per heavy atom. The molecule has 1 N–H and O–H groups in total.